The second-order valence-corrected chi connectivity index (χ2v) is 4.52. The third kappa shape index (κ3) is 4.34. The van der Waals surface area contributed by atoms with Crippen LogP contribution in [0.25, 0.3) is 6.08 Å². The summed E-state index contributed by atoms with van der Waals surface area (Å²) in [6.45, 7) is 0. The van der Waals surface area contributed by atoms with Crippen molar-refractivity contribution in [2.24, 2.45) is 0 Å². The highest BCUT2D eigenvalue weighted by molar-refractivity contribution is 5.91. The Morgan fingerprint density at radius 2 is 1.74 bits per heavy atom. The van der Waals surface area contributed by atoms with Gasteiger partial charge in [0.05, 0.1) is 12.7 Å². The molecule has 2 N–H and O–H groups in total. The number of hydrogen-bond acceptors (Lipinski definition) is 5. The highest BCUT2D eigenvalue weighted by Crippen LogP contribution is 2.29. The Hall–Kier alpha value is -3.28. The first-order valence-corrected chi connectivity index (χ1v) is 6.60. The minimum absolute atomic E-state index is 0.0497. The monoisotopic (exact) mass is 314 g/mol. The molecule has 23 heavy (non-hydrogen) atoms. The summed E-state index contributed by atoms with van der Waals surface area (Å²) in [5.41, 5.74) is 0.869. The number of hydrogen-bond donors (Lipinski definition) is 2. The SMILES string of the molecule is COc1cc(C=CC(=O)O)ccc1OC(=O)c1ccc(O)cc1. The molecule has 2 rings (SSSR count). The number of carboxylic acid groups (broad SMARTS) is 1. The third-order valence-corrected chi connectivity index (χ3v) is 2.91. The van der Waals surface area contributed by atoms with Gasteiger partial charge in [0, 0.05) is 6.08 Å². The number of ether oxygens (including phenoxy) is 2. The van der Waals surface area contributed by atoms with E-state index < -0.39 is 11.9 Å². The molecule has 0 bridgehead atoms. The molecule has 0 unspecified atom stereocenters. The number of phenolic OH excluding ortho intramolecular Hbond substituents is 1. The molecule has 118 valence electrons. The van der Waals surface area contributed by atoms with Crippen molar-refractivity contribution in [3.05, 3.63) is 59.7 Å². The lowest BCUT2D eigenvalue weighted by Gasteiger charge is -2.10. The van der Waals surface area contributed by atoms with Crippen LogP contribution in [0.1, 0.15) is 15.9 Å². The zero-order valence-electron chi connectivity index (χ0n) is 12.2. The molecule has 0 saturated carbocycles. The Morgan fingerprint density at radius 1 is 1.04 bits per heavy atom. The molecule has 0 aliphatic rings. The molecule has 0 saturated heterocycles. The first kappa shape index (κ1) is 16.1. The van der Waals surface area contributed by atoms with E-state index in [2.05, 4.69) is 0 Å². The van der Waals surface area contributed by atoms with Crippen molar-refractivity contribution in [1.82, 2.24) is 0 Å². The summed E-state index contributed by atoms with van der Waals surface area (Å²) in [5, 5.41) is 17.8. The Morgan fingerprint density at radius 3 is 2.35 bits per heavy atom. The van der Waals surface area contributed by atoms with Crippen LogP contribution in [0.3, 0.4) is 0 Å². The lowest BCUT2D eigenvalue weighted by molar-refractivity contribution is -0.131. The first-order chi connectivity index (χ1) is 11.0. The summed E-state index contributed by atoms with van der Waals surface area (Å²) < 4.78 is 10.4. The van der Waals surface area contributed by atoms with Gasteiger partial charge in [0.25, 0.3) is 0 Å². The summed E-state index contributed by atoms with van der Waals surface area (Å²) in [6, 6.07) is 10.3. The van der Waals surface area contributed by atoms with Crippen LogP contribution in [0.4, 0.5) is 0 Å². The molecule has 6 nitrogen and oxygen atoms in total. The molecule has 0 radical (unpaired) electrons. The van der Waals surface area contributed by atoms with E-state index in [1.807, 2.05) is 0 Å². The van der Waals surface area contributed by atoms with Crippen molar-refractivity contribution >= 4 is 18.0 Å². The number of carbonyl (C=O) groups is 2. The maximum Gasteiger partial charge on any atom is 0.343 e. The summed E-state index contributed by atoms with van der Waals surface area (Å²) in [5.74, 6) is -1.11. The van der Waals surface area contributed by atoms with Crippen LogP contribution >= 0.6 is 0 Å². The summed E-state index contributed by atoms with van der Waals surface area (Å²) in [6.07, 6.45) is 2.40. The van der Waals surface area contributed by atoms with E-state index in [9.17, 15) is 14.7 Å². The Labute approximate surface area is 132 Å². The molecule has 0 aliphatic heterocycles. The molecule has 2 aromatic rings. The summed E-state index contributed by atoms with van der Waals surface area (Å²) in [7, 11) is 1.41. The molecular formula is C17H14O6. The first-order valence-electron chi connectivity index (χ1n) is 6.60. The van der Waals surface area contributed by atoms with Gasteiger partial charge in [-0.25, -0.2) is 9.59 Å². The molecule has 0 heterocycles. The average Bonchev–Trinajstić information content (AvgIpc) is 2.54. The van der Waals surface area contributed by atoms with Crippen LogP contribution in [-0.4, -0.2) is 29.3 Å². The number of methoxy groups -OCH3 is 1. The Bertz CT molecular complexity index is 746. The van der Waals surface area contributed by atoms with Crippen molar-refractivity contribution in [2.45, 2.75) is 0 Å². The van der Waals surface area contributed by atoms with E-state index in [4.69, 9.17) is 14.6 Å². The van der Waals surface area contributed by atoms with Crippen LogP contribution in [0, 0.1) is 0 Å². The number of phenols is 1. The Balaban J connectivity index is 2.20. The van der Waals surface area contributed by atoms with Gasteiger partial charge in [-0.1, -0.05) is 6.07 Å². The van der Waals surface area contributed by atoms with Crippen LogP contribution in [0.15, 0.2) is 48.5 Å². The molecule has 2 aromatic carbocycles. The maximum atomic E-state index is 12.0. The van der Waals surface area contributed by atoms with Crippen LogP contribution in [-0.2, 0) is 4.79 Å². The van der Waals surface area contributed by atoms with Gasteiger partial charge in [0.1, 0.15) is 5.75 Å². The van der Waals surface area contributed by atoms with Crippen LogP contribution in [0.5, 0.6) is 17.2 Å². The third-order valence-electron chi connectivity index (χ3n) is 2.91. The van der Waals surface area contributed by atoms with Crippen molar-refractivity contribution in [3.63, 3.8) is 0 Å². The Kier molecular flexibility index (Phi) is 4.99. The number of benzene rings is 2. The van der Waals surface area contributed by atoms with E-state index in [1.165, 1.54) is 43.5 Å². The number of carboxylic acids is 1. The quantitative estimate of drug-likeness (QED) is 0.501. The topological polar surface area (TPSA) is 93.1 Å². The van der Waals surface area contributed by atoms with Crippen LogP contribution in [0.2, 0.25) is 0 Å². The second kappa shape index (κ2) is 7.13. The lowest BCUT2D eigenvalue weighted by atomic mass is 10.2. The lowest BCUT2D eigenvalue weighted by Crippen LogP contribution is -2.09. The summed E-state index contributed by atoms with van der Waals surface area (Å²) >= 11 is 0. The molecular weight excluding hydrogens is 300 g/mol. The zero-order valence-corrected chi connectivity index (χ0v) is 12.2. The van der Waals surface area contributed by atoms with Crippen molar-refractivity contribution in [3.8, 4) is 17.2 Å². The smallest absolute Gasteiger partial charge is 0.343 e. The van der Waals surface area contributed by atoms with Crippen molar-refractivity contribution < 1.29 is 29.3 Å². The van der Waals surface area contributed by atoms with Gasteiger partial charge in [-0.2, -0.15) is 0 Å². The molecule has 0 spiro atoms. The average molecular weight is 314 g/mol. The minimum Gasteiger partial charge on any atom is -0.508 e. The molecule has 0 amide bonds. The van der Waals surface area contributed by atoms with E-state index in [-0.39, 0.29) is 17.1 Å². The predicted octanol–water partition coefficient (Wildman–Crippen LogP) is 2.72. The molecule has 6 heteroatoms. The molecule has 0 atom stereocenters. The fourth-order valence-electron chi connectivity index (χ4n) is 1.80. The fraction of sp³-hybridized carbons (Fsp3) is 0.0588. The van der Waals surface area contributed by atoms with Gasteiger partial charge in [0.15, 0.2) is 11.5 Å². The number of aliphatic carboxylic acids is 1. The number of carbonyl (C=O) groups excluding carboxylic acids is 1. The standard InChI is InChI=1S/C17H14O6/c1-22-15-10-11(3-9-16(19)20)2-8-14(15)23-17(21)12-4-6-13(18)7-5-12/h2-10,18H,1H3,(H,19,20). The van der Waals surface area contributed by atoms with Gasteiger partial charge < -0.3 is 19.7 Å². The van der Waals surface area contributed by atoms with Gasteiger partial charge in [-0.3, -0.25) is 0 Å². The molecule has 0 fully saturated rings. The zero-order chi connectivity index (χ0) is 16.8. The highest BCUT2D eigenvalue weighted by atomic mass is 16.6. The minimum atomic E-state index is -1.06. The highest BCUT2D eigenvalue weighted by Gasteiger charge is 2.12. The largest absolute Gasteiger partial charge is 0.508 e. The van der Waals surface area contributed by atoms with Gasteiger partial charge in [-0.15, -0.1) is 0 Å². The number of aromatic hydroxyl groups is 1. The fourth-order valence-corrected chi connectivity index (χ4v) is 1.80. The van der Waals surface area contributed by atoms with E-state index in [0.717, 1.165) is 6.08 Å². The van der Waals surface area contributed by atoms with E-state index >= 15 is 0 Å². The van der Waals surface area contributed by atoms with E-state index in [1.54, 1.807) is 12.1 Å². The van der Waals surface area contributed by atoms with Gasteiger partial charge in [-0.05, 0) is 48.0 Å². The molecule has 0 aliphatic carbocycles. The maximum absolute atomic E-state index is 12.0. The van der Waals surface area contributed by atoms with Crippen molar-refractivity contribution in [2.75, 3.05) is 7.11 Å². The second-order valence-electron chi connectivity index (χ2n) is 4.52. The summed E-state index contributed by atoms with van der Waals surface area (Å²) in [4.78, 5) is 22.6. The van der Waals surface area contributed by atoms with Crippen molar-refractivity contribution in [1.29, 1.82) is 0 Å². The normalized spacial score (nSPS) is 10.5. The van der Waals surface area contributed by atoms with Crippen LogP contribution < -0.4 is 9.47 Å². The predicted molar refractivity (Wildman–Crippen MR) is 82.7 cm³/mol. The van der Waals surface area contributed by atoms with Gasteiger partial charge in [0.2, 0.25) is 0 Å². The number of esters is 1. The van der Waals surface area contributed by atoms with Gasteiger partial charge >= 0.3 is 11.9 Å². The molecule has 0 aromatic heterocycles. The van der Waals surface area contributed by atoms with E-state index in [0.29, 0.717) is 11.3 Å². The number of rotatable bonds is 5.